The van der Waals surface area contributed by atoms with E-state index in [9.17, 15) is 22.8 Å². The fourth-order valence-electron chi connectivity index (χ4n) is 4.72. The zero-order chi connectivity index (χ0) is 28.0. The number of sulfonamides is 1. The van der Waals surface area contributed by atoms with E-state index in [0.717, 1.165) is 27.4 Å². The second-order valence-corrected chi connectivity index (χ2v) is 11.5. The molecule has 3 aromatic carbocycles. The van der Waals surface area contributed by atoms with Crippen LogP contribution in [0.5, 0.6) is 0 Å². The smallest absolute Gasteiger partial charge is 0.269 e. The van der Waals surface area contributed by atoms with E-state index in [-0.39, 0.29) is 35.9 Å². The first-order valence-electron chi connectivity index (χ1n) is 13.0. The van der Waals surface area contributed by atoms with E-state index >= 15 is 0 Å². The maximum Gasteiger partial charge on any atom is 0.269 e. The van der Waals surface area contributed by atoms with Crippen molar-refractivity contribution in [1.29, 1.82) is 0 Å². The fraction of sp³-hybridized carbons (Fsp3) is 0.300. The molecule has 8 nitrogen and oxygen atoms in total. The molecular formula is C30H33N3O5S. The Morgan fingerprint density at radius 2 is 1.64 bits per heavy atom. The average molecular weight is 548 g/mol. The van der Waals surface area contributed by atoms with Gasteiger partial charge in [0.15, 0.2) is 0 Å². The predicted molar refractivity (Wildman–Crippen MR) is 148 cm³/mol. The number of aryl methyl sites for hydroxylation is 1. The molecule has 0 saturated carbocycles. The highest BCUT2D eigenvalue weighted by molar-refractivity contribution is 7.90. The minimum atomic E-state index is -4.04. The van der Waals surface area contributed by atoms with E-state index in [1.165, 1.54) is 17.0 Å². The molecule has 0 bridgehead atoms. The lowest BCUT2D eigenvalue weighted by Gasteiger charge is -2.32. The van der Waals surface area contributed by atoms with Gasteiger partial charge in [0, 0.05) is 32.5 Å². The van der Waals surface area contributed by atoms with Gasteiger partial charge in [-0.1, -0.05) is 79.2 Å². The molecule has 0 radical (unpaired) electrons. The Balaban J connectivity index is 1.63. The van der Waals surface area contributed by atoms with Gasteiger partial charge >= 0.3 is 0 Å². The summed E-state index contributed by atoms with van der Waals surface area (Å²) in [5, 5.41) is 2.92. The first kappa shape index (κ1) is 28.0. The van der Waals surface area contributed by atoms with Gasteiger partial charge in [0.25, 0.3) is 15.9 Å². The highest BCUT2D eigenvalue weighted by Crippen LogP contribution is 2.30. The Morgan fingerprint density at radius 3 is 2.33 bits per heavy atom. The van der Waals surface area contributed by atoms with E-state index in [4.69, 9.17) is 0 Å². The van der Waals surface area contributed by atoms with Crippen molar-refractivity contribution in [2.24, 2.45) is 0 Å². The van der Waals surface area contributed by atoms with E-state index in [0.29, 0.717) is 13.0 Å². The lowest BCUT2D eigenvalue weighted by atomic mass is 10.0. The van der Waals surface area contributed by atoms with Crippen LogP contribution in [-0.4, -0.2) is 54.5 Å². The van der Waals surface area contributed by atoms with E-state index in [1.807, 2.05) is 68.4 Å². The SMILES string of the molecule is CCCNC(=O)[C@@H](Cc1ccccc1)N(Cc1cccc(C)c1)C(=O)CCN1C(=O)c2ccccc2S1(=O)=O. The van der Waals surface area contributed by atoms with Crippen molar-refractivity contribution in [3.63, 3.8) is 0 Å². The van der Waals surface area contributed by atoms with Crippen molar-refractivity contribution >= 4 is 27.7 Å². The number of nitrogens with one attached hydrogen (secondary N) is 1. The van der Waals surface area contributed by atoms with Crippen LogP contribution in [0.15, 0.2) is 83.8 Å². The number of benzene rings is 3. The Labute approximate surface area is 229 Å². The van der Waals surface area contributed by atoms with Gasteiger partial charge in [0.2, 0.25) is 11.8 Å². The average Bonchev–Trinajstić information content (AvgIpc) is 3.13. The summed E-state index contributed by atoms with van der Waals surface area (Å²) in [6, 6.07) is 22.3. The molecule has 204 valence electrons. The molecule has 9 heteroatoms. The molecule has 0 fully saturated rings. The van der Waals surface area contributed by atoms with Crippen molar-refractivity contribution in [1.82, 2.24) is 14.5 Å². The summed E-state index contributed by atoms with van der Waals surface area (Å²) in [5.41, 5.74) is 2.86. The molecule has 0 spiro atoms. The largest absolute Gasteiger partial charge is 0.354 e. The number of fused-ring (bicyclic) bond motifs is 1. The number of hydrogen-bond acceptors (Lipinski definition) is 5. The van der Waals surface area contributed by atoms with E-state index in [1.54, 1.807) is 12.1 Å². The van der Waals surface area contributed by atoms with Gasteiger partial charge in [-0.15, -0.1) is 0 Å². The third-order valence-corrected chi connectivity index (χ3v) is 8.54. The molecular weight excluding hydrogens is 514 g/mol. The second-order valence-electron chi connectivity index (χ2n) is 9.64. The van der Waals surface area contributed by atoms with E-state index in [2.05, 4.69) is 5.32 Å². The minimum absolute atomic E-state index is 0.0556. The summed E-state index contributed by atoms with van der Waals surface area (Å²) in [6.45, 7) is 4.22. The van der Waals surface area contributed by atoms with Gasteiger partial charge in [-0.3, -0.25) is 14.4 Å². The molecule has 1 aliphatic rings. The zero-order valence-corrected chi connectivity index (χ0v) is 23.0. The molecule has 39 heavy (non-hydrogen) atoms. The number of nitrogens with zero attached hydrogens (tertiary/aromatic N) is 2. The molecule has 0 aromatic heterocycles. The van der Waals surface area contributed by atoms with Crippen LogP contribution in [0.4, 0.5) is 0 Å². The summed E-state index contributed by atoms with van der Waals surface area (Å²) in [6.07, 6.45) is 0.780. The monoisotopic (exact) mass is 547 g/mol. The van der Waals surface area contributed by atoms with Gasteiger partial charge in [-0.05, 0) is 36.6 Å². The van der Waals surface area contributed by atoms with Crippen LogP contribution in [-0.2, 0) is 32.6 Å². The molecule has 1 heterocycles. The predicted octanol–water partition coefficient (Wildman–Crippen LogP) is 3.70. The molecule has 1 atom stereocenters. The highest BCUT2D eigenvalue weighted by Gasteiger charge is 2.41. The number of carbonyl (C=O) groups excluding carboxylic acids is 3. The Hall–Kier alpha value is -3.98. The summed E-state index contributed by atoms with van der Waals surface area (Å²) < 4.78 is 26.8. The third-order valence-electron chi connectivity index (χ3n) is 6.70. The Kier molecular flexibility index (Phi) is 8.81. The Bertz CT molecular complexity index is 1460. The second kappa shape index (κ2) is 12.3. The van der Waals surface area contributed by atoms with Crippen molar-refractivity contribution in [2.45, 2.75) is 50.6 Å². The van der Waals surface area contributed by atoms with Gasteiger partial charge in [0.05, 0.1) is 5.56 Å². The van der Waals surface area contributed by atoms with Gasteiger partial charge in [0.1, 0.15) is 10.9 Å². The van der Waals surface area contributed by atoms with Gasteiger partial charge in [-0.2, -0.15) is 0 Å². The van der Waals surface area contributed by atoms with Crippen molar-refractivity contribution in [3.05, 3.63) is 101 Å². The van der Waals surface area contributed by atoms with Crippen molar-refractivity contribution in [2.75, 3.05) is 13.1 Å². The Morgan fingerprint density at radius 1 is 0.949 bits per heavy atom. The molecule has 4 rings (SSSR count). The van der Waals surface area contributed by atoms with Crippen LogP contribution in [0.25, 0.3) is 0 Å². The summed E-state index contributed by atoms with van der Waals surface area (Å²) in [7, 11) is -4.04. The minimum Gasteiger partial charge on any atom is -0.354 e. The molecule has 1 aliphatic heterocycles. The van der Waals surface area contributed by atoms with Crippen LogP contribution in [0, 0.1) is 6.92 Å². The molecule has 0 aliphatic carbocycles. The van der Waals surface area contributed by atoms with E-state index < -0.39 is 27.9 Å². The summed E-state index contributed by atoms with van der Waals surface area (Å²) >= 11 is 0. The fourth-order valence-corrected chi connectivity index (χ4v) is 6.29. The summed E-state index contributed by atoms with van der Waals surface area (Å²) in [4.78, 5) is 41.5. The normalized spacial score (nSPS) is 14.5. The number of hydrogen-bond donors (Lipinski definition) is 1. The third kappa shape index (κ3) is 6.37. The highest BCUT2D eigenvalue weighted by atomic mass is 32.2. The standard InChI is InChI=1S/C30H33N3O5S/c1-3-17-31-29(35)26(20-23-11-5-4-6-12-23)32(21-24-13-9-10-22(2)19-24)28(34)16-18-33-30(36)25-14-7-8-15-27(25)39(33,37)38/h4-15,19,26H,3,16-18,20-21H2,1-2H3,(H,31,35)/t26-/m1/s1. The van der Waals surface area contributed by atoms with Crippen LogP contribution < -0.4 is 5.32 Å². The topological polar surface area (TPSA) is 104 Å². The lowest BCUT2D eigenvalue weighted by Crippen LogP contribution is -2.51. The van der Waals surface area contributed by atoms with Crippen molar-refractivity contribution < 1.29 is 22.8 Å². The van der Waals surface area contributed by atoms with Crippen LogP contribution in [0.1, 0.15) is 46.8 Å². The van der Waals surface area contributed by atoms with Crippen molar-refractivity contribution in [3.8, 4) is 0 Å². The number of amides is 3. The zero-order valence-electron chi connectivity index (χ0n) is 22.2. The molecule has 1 N–H and O–H groups in total. The molecule has 0 unspecified atom stereocenters. The number of carbonyl (C=O) groups is 3. The first-order valence-corrected chi connectivity index (χ1v) is 14.5. The van der Waals surface area contributed by atoms with Gasteiger partial charge < -0.3 is 10.2 Å². The van der Waals surface area contributed by atoms with Gasteiger partial charge in [-0.25, -0.2) is 12.7 Å². The molecule has 0 saturated heterocycles. The van der Waals surface area contributed by atoms with Crippen LogP contribution >= 0.6 is 0 Å². The quantitative estimate of drug-likeness (QED) is 0.394. The number of rotatable bonds is 11. The molecule has 3 aromatic rings. The maximum absolute atomic E-state index is 13.8. The maximum atomic E-state index is 13.8. The van der Waals surface area contributed by atoms with Crippen LogP contribution in [0.3, 0.4) is 0 Å². The van der Waals surface area contributed by atoms with Crippen LogP contribution in [0.2, 0.25) is 0 Å². The molecule has 3 amide bonds. The summed E-state index contributed by atoms with van der Waals surface area (Å²) in [5.74, 6) is -1.34. The lowest BCUT2D eigenvalue weighted by molar-refractivity contribution is -0.141. The first-order chi connectivity index (χ1) is 18.7.